The van der Waals surface area contributed by atoms with E-state index in [9.17, 15) is 0 Å². The number of rotatable bonds is 4. The summed E-state index contributed by atoms with van der Waals surface area (Å²) in [6, 6.07) is 5.50. The van der Waals surface area contributed by atoms with Crippen molar-refractivity contribution in [3.05, 3.63) is 45.5 Å². The highest BCUT2D eigenvalue weighted by Crippen LogP contribution is 2.30. The highest BCUT2D eigenvalue weighted by molar-refractivity contribution is 6.42. The summed E-state index contributed by atoms with van der Waals surface area (Å²) in [7, 11) is 0. The van der Waals surface area contributed by atoms with Gasteiger partial charge in [-0.05, 0) is 30.5 Å². The molecule has 1 saturated carbocycles. The Kier molecular flexibility index (Phi) is 4.20. The molecule has 0 saturated heterocycles. The topological polar surface area (TPSA) is 64.9 Å². The summed E-state index contributed by atoms with van der Waals surface area (Å²) >= 11 is 11.9. The van der Waals surface area contributed by atoms with Gasteiger partial charge in [0.15, 0.2) is 5.82 Å². The highest BCUT2D eigenvalue weighted by atomic mass is 35.5. The lowest BCUT2D eigenvalue weighted by molar-refractivity contribution is 0.327. The normalized spacial score (nSPS) is 17.3. The summed E-state index contributed by atoms with van der Waals surface area (Å²) in [4.78, 5) is 4.43. The van der Waals surface area contributed by atoms with Crippen molar-refractivity contribution in [1.82, 2.24) is 10.1 Å². The number of nitrogens with two attached hydrogens (primary N) is 1. The quantitative estimate of drug-likeness (QED) is 0.928. The second-order valence-electron chi connectivity index (χ2n) is 5.78. The zero-order chi connectivity index (χ0) is 14.9. The number of nitrogens with zero attached hydrogens (tertiary/aromatic N) is 2. The standard InChI is InChI=1S/C15H17Cl2N3O/c16-11-4-3-10(7-12(11)17)8-13-19-14(21-20-13)9-15(18)5-1-2-6-15/h3-4,7H,1-2,5-6,8-9,18H2. The molecule has 0 atom stereocenters. The molecule has 0 spiro atoms. The van der Waals surface area contributed by atoms with Gasteiger partial charge in [-0.1, -0.05) is 47.3 Å². The van der Waals surface area contributed by atoms with Crippen molar-refractivity contribution >= 4 is 23.2 Å². The molecule has 3 rings (SSSR count). The SMILES string of the molecule is NC1(Cc2nc(Cc3ccc(Cl)c(Cl)c3)no2)CCCC1. The minimum atomic E-state index is -0.173. The van der Waals surface area contributed by atoms with E-state index in [1.165, 1.54) is 12.8 Å². The Labute approximate surface area is 133 Å². The first kappa shape index (κ1) is 14.8. The molecule has 21 heavy (non-hydrogen) atoms. The van der Waals surface area contributed by atoms with E-state index in [2.05, 4.69) is 10.1 Å². The van der Waals surface area contributed by atoms with Crippen LogP contribution in [-0.2, 0) is 12.8 Å². The van der Waals surface area contributed by atoms with Crippen LogP contribution in [0.2, 0.25) is 10.0 Å². The lowest BCUT2D eigenvalue weighted by atomic mass is 9.95. The Bertz CT molecular complexity index is 636. The molecule has 1 fully saturated rings. The van der Waals surface area contributed by atoms with Crippen molar-refractivity contribution in [2.75, 3.05) is 0 Å². The Morgan fingerprint density at radius 3 is 2.67 bits per heavy atom. The first-order valence-corrected chi connectivity index (χ1v) is 7.84. The molecule has 1 aliphatic carbocycles. The second-order valence-corrected chi connectivity index (χ2v) is 6.59. The Morgan fingerprint density at radius 2 is 1.95 bits per heavy atom. The maximum Gasteiger partial charge on any atom is 0.228 e. The van der Waals surface area contributed by atoms with E-state index in [0.29, 0.717) is 34.6 Å². The minimum Gasteiger partial charge on any atom is -0.339 e. The van der Waals surface area contributed by atoms with E-state index in [1.807, 2.05) is 12.1 Å². The highest BCUT2D eigenvalue weighted by Gasteiger charge is 2.31. The maximum atomic E-state index is 6.33. The van der Waals surface area contributed by atoms with Crippen LogP contribution in [0.15, 0.2) is 22.7 Å². The smallest absolute Gasteiger partial charge is 0.228 e. The summed E-state index contributed by atoms with van der Waals surface area (Å²) in [6.07, 6.45) is 5.63. The number of benzene rings is 1. The van der Waals surface area contributed by atoms with Crippen LogP contribution in [0.5, 0.6) is 0 Å². The molecule has 0 bridgehead atoms. The monoisotopic (exact) mass is 325 g/mol. The largest absolute Gasteiger partial charge is 0.339 e. The summed E-state index contributed by atoms with van der Waals surface area (Å²) in [6.45, 7) is 0. The third-order valence-electron chi connectivity index (χ3n) is 3.96. The van der Waals surface area contributed by atoms with Gasteiger partial charge in [-0.3, -0.25) is 0 Å². The zero-order valence-corrected chi connectivity index (χ0v) is 13.1. The van der Waals surface area contributed by atoms with Gasteiger partial charge in [-0.25, -0.2) is 0 Å². The molecule has 0 aliphatic heterocycles. The van der Waals surface area contributed by atoms with Crippen molar-refractivity contribution in [3.63, 3.8) is 0 Å². The van der Waals surface area contributed by atoms with Crippen molar-refractivity contribution in [2.24, 2.45) is 5.73 Å². The van der Waals surface area contributed by atoms with E-state index >= 15 is 0 Å². The number of hydrogen-bond donors (Lipinski definition) is 1. The number of aromatic nitrogens is 2. The fourth-order valence-corrected chi connectivity index (χ4v) is 3.14. The molecule has 2 aromatic rings. The Hall–Kier alpha value is -1.10. The maximum absolute atomic E-state index is 6.33. The van der Waals surface area contributed by atoms with E-state index in [4.69, 9.17) is 33.5 Å². The van der Waals surface area contributed by atoms with E-state index in [-0.39, 0.29) is 5.54 Å². The van der Waals surface area contributed by atoms with E-state index < -0.39 is 0 Å². The summed E-state index contributed by atoms with van der Waals surface area (Å²) < 4.78 is 5.32. The van der Waals surface area contributed by atoms with Crippen LogP contribution in [0.4, 0.5) is 0 Å². The summed E-state index contributed by atoms with van der Waals surface area (Å²) in [5.74, 6) is 1.26. The van der Waals surface area contributed by atoms with E-state index in [1.54, 1.807) is 6.07 Å². The average Bonchev–Trinajstić information content (AvgIpc) is 3.04. The molecule has 6 heteroatoms. The predicted molar refractivity (Wildman–Crippen MR) is 82.7 cm³/mol. The second kappa shape index (κ2) is 5.95. The summed E-state index contributed by atoms with van der Waals surface area (Å²) in [5, 5.41) is 5.09. The first-order chi connectivity index (χ1) is 10.0. The average molecular weight is 326 g/mol. The Balaban J connectivity index is 1.68. The lowest BCUT2D eigenvalue weighted by Crippen LogP contribution is -2.38. The Morgan fingerprint density at radius 1 is 1.19 bits per heavy atom. The van der Waals surface area contributed by atoms with Crippen LogP contribution in [0.1, 0.15) is 43.0 Å². The van der Waals surface area contributed by atoms with Gasteiger partial charge in [0.05, 0.1) is 10.0 Å². The molecule has 4 nitrogen and oxygen atoms in total. The molecular weight excluding hydrogens is 309 g/mol. The van der Waals surface area contributed by atoms with Gasteiger partial charge in [0.1, 0.15) is 0 Å². The third kappa shape index (κ3) is 3.57. The molecule has 2 N–H and O–H groups in total. The molecule has 0 unspecified atom stereocenters. The van der Waals surface area contributed by atoms with E-state index in [0.717, 1.165) is 18.4 Å². The van der Waals surface area contributed by atoms with Crippen LogP contribution in [0.3, 0.4) is 0 Å². The van der Waals surface area contributed by atoms with Gasteiger partial charge in [-0.15, -0.1) is 0 Å². The fourth-order valence-electron chi connectivity index (χ4n) is 2.82. The van der Waals surface area contributed by atoms with Gasteiger partial charge < -0.3 is 10.3 Å². The van der Waals surface area contributed by atoms with Gasteiger partial charge in [-0.2, -0.15) is 4.98 Å². The van der Waals surface area contributed by atoms with Crippen LogP contribution in [0.25, 0.3) is 0 Å². The van der Waals surface area contributed by atoms with Crippen LogP contribution < -0.4 is 5.73 Å². The predicted octanol–water partition coefficient (Wildman–Crippen LogP) is 3.78. The molecule has 0 radical (unpaired) electrons. The third-order valence-corrected chi connectivity index (χ3v) is 4.70. The zero-order valence-electron chi connectivity index (χ0n) is 11.6. The number of hydrogen-bond acceptors (Lipinski definition) is 4. The van der Waals surface area contributed by atoms with Crippen LogP contribution >= 0.6 is 23.2 Å². The molecule has 1 aliphatic rings. The summed E-state index contributed by atoms with van der Waals surface area (Å²) in [5.41, 5.74) is 7.16. The fraction of sp³-hybridized carbons (Fsp3) is 0.467. The van der Waals surface area contributed by atoms with Gasteiger partial charge >= 0.3 is 0 Å². The molecule has 112 valence electrons. The van der Waals surface area contributed by atoms with Crippen LogP contribution in [0, 0.1) is 0 Å². The molecule has 1 heterocycles. The lowest BCUT2D eigenvalue weighted by Gasteiger charge is -2.20. The minimum absolute atomic E-state index is 0.173. The first-order valence-electron chi connectivity index (χ1n) is 7.08. The van der Waals surface area contributed by atoms with Crippen molar-refractivity contribution in [2.45, 2.75) is 44.1 Å². The number of halogens is 2. The van der Waals surface area contributed by atoms with Crippen molar-refractivity contribution in [1.29, 1.82) is 0 Å². The molecule has 1 aromatic heterocycles. The molecule has 1 aromatic carbocycles. The molecular formula is C15H17Cl2N3O. The van der Waals surface area contributed by atoms with Crippen molar-refractivity contribution in [3.8, 4) is 0 Å². The van der Waals surface area contributed by atoms with Gasteiger partial charge in [0.25, 0.3) is 0 Å². The van der Waals surface area contributed by atoms with Gasteiger partial charge in [0.2, 0.25) is 5.89 Å². The van der Waals surface area contributed by atoms with Crippen molar-refractivity contribution < 1.29 is 4.52 Å². The van der Waals surface area contributed by atoms with Gasteiger partial charge in [0, 0.05) is 18.4 Å². The molecule has 0 amide bonds. The van der Waals surface area contributed by atoms with Crippen LogP contribution in [-0.4, -0.2) is 15.7 Å².